The van der Waals surface area contributed by atoms with Crippen LogP contribution in [0.25, 0.3) is 0 Å². The largest absolute Gasteiger partial charge is 0.489 e. The van der Waals surface area contributed by atoms with E-state index in [0.717, 1.165) is 15.8 Å². The van der Waals surface area contributed by atoms with E-state index in [2.05, 4.69) is 15.9 Å². The second kappa shape index (κ2) is 5.83. The molecule has 0 aliphatic heterocycles. The fourth-order valence-corrected chi connectivity index (χ4v) is 1.55. The smallest absolute Gasteiger partial charge is 0.122 e. The van der Waals surface area contributed by atoms with Crippen LogP contribution in [-0.4, -0.2) is 13.2 Å². The van der Waals surface area contributed by atoms with Crippen molar-refractivity contribution >= 4 is 15.9 Å². The predicted octanol–water partition coefficient (Wildman–Crippen LogP) is 2.65. The van der Waals surface area contributed by atoms with Gasteiger partial charge in [-0.1, -0.05) is 28.1 Å². The third-order valence-electron chi connectivity index (χ3n) is 1.77. The zero-order valence-electron chi connectivity index (χ0n) is 8.16. The maximum absolute atomic E-state index is 5.53. The molecule has 1 aromatic carbocycles. The van der Waals surface area contributed by atoms with Gasteiger partial charge in [-0.2, -0.15) is 0 Å². The summed E-state index contributed by atoms with van der Waals surface area (Å²) in [7, 11) is 0. The molecule has 76 valence electrons. The lowest BCUT2D eigenvalue weighted by Gasteiger charge is -2.06. The van der Waals surface area contributed by atoms with E-state index in [0.29, 0.717) is 13.2 Å². The van der Waals surface area contributed by atoms with Crippen LogP contribution in [-0.2, 0) is 0 Å². The topological polar surface area (TPSA) is 35.2 Å². The first-order chi connectivity index (χ1) is 6.74. The average molecular weight is 256 g/mol. The number of hydrogen-bond donors (Lipinski definition) is 1. The molecule has 2 nitrogen and oxygen atoms in total. The Balaban J connectivity index is 2.55. The zero-order chi connectivity index (χ0) is 10.4. The Hall–Kier alpha value is -0.800. The van der Waals surface area contributed by atoms with Crippen LogP contribution in [0.4, 0.5) is 0 Å². The number of aryl methyl sites for hydroxylation is 1. The van der Waals surface area contributed by atoms with Crippen molar-refractivity contribution in [2.45, 2.75) is 6.92 Å². The summed E-state index contributed by atoms with van der Waals surface area (Å²) >= 11 is 3.40. The first-order valence-electron chi connectivity index (χ1n) is 4.48. The number of halogens is 1. The molecule has 1 aromatic rings. The molecule has 0 atom stereocenters. The minimum Gasteiger partial charge on any atom is -0.489 e. The summed E-state index contributed by atoms with van der Waals surface area (Å²) in [5, 5.41) is 0. The van der Waals surface area contributed by atoms with E-state index in [4.69, 9.17) is 10.5 Å². The predicted molar refractivity (Wildman–Crippen MR) is 62.6 cm³/mol. The normalized spacial score (nSPS) is 10.8. The molecule has 3 heteroatoms. The number of benzene rings is 1. The Morgan fingerprint density at radius 1 is 1.43 bits per heavy atom. The molecule has 0 heterocycles. The minimum atomic E-state index is 0.558. The van der Waals surface area contributed by atoms with Gasteiger partial charge in [-0.25, -0.2) is 0 Å². The van der Waals surface area contributed by atoms with Gasteiger partial charge >= 0.3 is 0 Å². The molecule has 14 heavy (non-hydrogen) atoms. The highest BCUT2D eigenvalue weighted by Gasteiger charge is 1.97. The van der Waals surface area contributed by atoms with Crippen LogP contribution in [0.15, 0.2) is 34.8 Å². The van der Waals surface area contributed by atoms with Crippen LogP contribution in [0.5, 0.6) is 5.75 Å². The van der Waals surface area contributed by atoms with Crippen LogP contribution in [0.2, 0.25) is 0 Å². The van der Waals surface area contributed by atoms with E-state index in [1.807, 2.05) is 37.3 Å². The fraction of sp³-hybridized carbons (Fsp3) is 0.273. The van der Waals surface area contributed by atoms with E-state index in [1.54, 1.807) is 0 Å². The molecule has 0 saturated heterocycles. The quantitative estimate of drug-likeness (QED) is 0.840. The number of ether oxygens (including phenoxy) is 1. The molecule has 0 aliphatic rings. The molecule has 0 saturated carbocycles. The van der Waals surface area contributed by atoms with Crippen LogP contribution in [0, 0.1) is 6.92 Å². The van der Waals surface area contributed by atoms with E-state index in [-0.39, 0.29) is 0 Å². The highest BCUT2D eigenvalue weighted by Crippen LogP contribution is 2.21. The van der Waals surface area contributed by atoms with Gasteiger partial charge in [0.05, 0.1) is 0 Å². The standard InChI is InChI=1S/C11H14BrNO/c1-9-8-10(12)4-5-11(9)14-7-3-2-6-13/h2-5,8H,6-7,13H2,1H3. The molecule has 0 amide bonds. The lowest BCUT2D eigenvalue weighted by atomic mass is 10.2. The molecule has 0 aromatic heterocycles. The van der Waals surface area contributed by atoms with Crippen LogP contribution in [0.3, 0.4) is 0 Å². The van der Waals surface area contributed by atoms with Gasteiger partial charge in [-0.15, -0.1) is 0 Å². The van der Waals surface area contributed by atoms with Crippen molar-refractivity contribution in [2.75, 3.05) is 13.2 Å². The molecule has 0 radical (unpaired) electrons. The highest BCUT2D eigenvalue weighted by atomic mass is 79.9. The minimum absolute atomic E-state index is 0.558. The first-order valence-corrected chi connectivity index (χ1v) is 5.27. The van der Waals surface area contributed by atoms with Crippen molar-refractivity contribution < 1.29 is 4.74 Å². The van der Waals surface area contributed by atoms with Gasteiger partial charge in [-0.3, -0.25) is 0 Å². The average Bonchev–Trinajstić information content (AvgIpc) is 2.15. The summed E-state index contributed by atoms with van der Waals surface area (Å²) < 4.78 is 6.60. The van der Waals surface area contributed by atoms with Gasteiger partial charge in [0.15, 0.2) is 0 Å². The van der Waals surface area contributed by atoms with Crippen molar-refractivity contribution in [1.82, 2.24) is 0 Å². The van der Waals surface area contributed by atoms with E-state index in [9.17, 15) is 0 Å². The summed E-state index contributed by atoms with van der Waals surface area (Å²) in [6.07, 6.45) is 3.80. The van der Waals surface area contributed by atoms with Crippen molar-refractivity contribution in [1.29, 1.82) is 0 Å². The molecular weight excluding hydrogens is 242 g/mol. The maximum atomic E-state index is 5.53. The third-order valence-corrected chi connectivity index (χ3v) is 2.27. The summed E-state index contributed by atoms with van der Waals surface area (Å²) in [6.45, 7) is 3.15. The molecule has 0 bridgehead atoms. The molecule has 0 fully saturated rings. The van der Waals surface area contributed by atoms with E-state index in [1.165, 1.54) is 0 Å². The second-order valence-corrected chi connectivity index (χ2v) is 3.84. The number of hydrogen-bond acceptors (Lipinski definition) is 2. The third kappa shape index (κ3) is 3.52. The lowest BCUT2D eigenvalue weighted by molar-refractivity contribution is 0.360. The summed E-state index contributed by atoms with van der Waals surface area (Å²) in [5.41, 5.74) is 6.43. The van der Waals surface area contributed by atoms with Crippen molar-refractivity contribution in [3.05, 3.63) is 40.4 Å². The Morgan fingerprint density at radius 2 is 2.21 bits per heavy atom. The maximum Gasteiger partial charge on any atom is 0.122 e. The number of rotatable bonds is 4. The van der Waals surface area contributed by atoms with Crippen LogP contribution >= 0.6 is 15.9 Å². The van der Waals surface area contributed by atoms with E-state index >= 15 is 0 Å². The van der Waals surface area contributed by atoms with Crippen LogP contribution in [0.1, 0.15) is 5.56 Å². The van der Waals surface area contributed by atoms with Gasteiger partial charge < -0.3 is 10.5 Å². The van der Waals surface area contributed by atoms with Gasteiger partial charge in [0, 0.05) is 11.0 Å². The highest BCUT2D eigenvalue weighted by molar-refractivity contribution is 9.10. The summed E-state index contributed by atoms with van der Waals surface area (Å²) in [5.74, 6) is 0.912. The Kier molecular flexibility index (Phi) is 4.70. The van der Waals surface area contributed by atoms with Crippen molar-refractivity contribution in [2.24, 2.45) is 5.73 Å². The second-order valence-electron chi connectivity index (χ2n) is 2.93. The zero-order valence-corrected chi connectivity index (χ0v) is 9.75. The first kappa shape index (κ1) is 11.3. The molecule has 0 spiro atoms. The van der Waals surface area contributed by atoms with Gasteiger partial charge in [0.2, 0.25) is 0 Å². The fourth-order valence-electron chi connectivity index (χ4n) is 1.08. The van der Waals surface area contributed by atoms with Gasteiger partial charge in [-0.05, 0) is 30.7 Å². The SMILES string of the molecule is Cc1cc(Br)ccc1OCC=CCN. The molecule has 0 unspecified atom stereocenters. The molecular formula is C11H14BrNO. The summed E-state index contributed by atoms with van der Waals surface area (Å²) in [6, 6.07) is 5.95. The summed E-state index contributed by atoms with van der Waals surface area (Å²) in [4.78, 5) is 0. The van der Waals surface area contributed by atoms with Gasteiger partial charge in [0.25, 0.3) is 0 Å². The van der Waals surface area contributed by atoms with Gasteiger partial charge in [0.1, 0.15) is 12.4 Å². The van der Waals surface area contributed by atoms with Crippen molar-refractivity contribution in [3.8, 4) is 5.75 Å². The number of nitrogens with two attached hydrogens (primary N) is 1. The molecule has 0 aliphatic carbocycles. The Bertz CT molecular complexity index is 323. The molecule has 1 rings (SSSR count). The van der Waals surface area contributed by atoms with Crippen LogP contribution < -0.4 is 10.5 Å². The van der Waals surface area contributed by atoms with E-state index < -0.39 is 0 Å². The Labute approximate surface area is 92.9 Å². The molecule has 2 N–H and O–H groups in total. The lowest BCUT2D eigenvalue weighted by Crippen LogP contribution is -1.98. The monoisotopic (exact) mass is 255 g/mol. The van der Waals surface area contributed by atoms with Crippen molar-refractivity contribution in [3.63, 3.8) is 0 Å². The Morgan fingerprint density at radius 3 is 2.86 bits per heavy atom.